The van der Waals surface area contributed by atoms with Crippen molar-refractivity contribution >= 4 is 11.9 Å². The van der Waals surface area contributed by atoms with E-state index in [0.717, 1.165) is 12.3 Å². The average Bonchev–Trinajstić information content (AvgIpc) is 3.08. The molecule has 0 radical (unpaired) electrons. The van der Waals surface area contributed by atoms with Crippen LogP contribution in [0, 0.1) is 0 Å². The number of nitrogens with one attached hydrogen (secondary N) is 1. The van der Waals surface area contributed by atoms with Crippen molar-refractivity contribution in [3.05, 3.63) is 24.2 Å². The standard InChI is InChI=1S/C15H24N4O3/c1-17(2)8-9-19(11-12-5-4-10-22-12)15(21)16-13-6-7-18(3)14(13)20/h4-5,10,13H,6-9,11H2,1-3H3,(H,16,21)/t13-/m1/s1. The lowest BCUT2D eigenvalue weighted by molar-refractivity contribution is -0.128. The van der Waals surface area contributed by atoms with E-state index in [-0.39, 0.29) is 11.9 Å². The number of likely N-dealkylation sites (N-methyl/N-ethyl adjacent to an activating group) is 2. The molecule has 1 atom stereocenters. The zero-order chi connectivity index (χ0) is 16.1. The van der Waals surface area contributed by atoms with E-state index in [2.05, 4.69) is 5.32 Å². The Labute approximate surface area is 130 Å². The Bertz CT molecular complexity index is 501. The molecule has 3 amide bonds. The molecule has 122 valence electrons. The molecule has 0 saturated carbocycles. The maximum atomic E-state index is 12.5. The van der Waals surface area contributed by atoms with Gasteiger partial charge in [0.25, 0.3) is 0 Å². The van der Waals surface area contributed by atoms with Gasteiger partial charge in [0.15, 0.2) is 0 Å². The number of carbonyl (C=O) groups excluding carboxylic acids is 2. The zero-order valence-electron chi connectivity index (χ0n) is 13.4. The van der Waals surface area contributed by atoms with E-state index in [1.165, 1.54) is 0 Å². The highest BCUT2D eigenvalue weighted by Gasteiger charge is 2.31. The molecule has 2 rings (SSSR count). The molecule has 1 N–H and O–H groups in total. The predicted molar refractivity (Wildman–Crippen MR) is 82.2 cm³/mol. The minimum Gasteiger partial charge on any atom is -0.467 e. The summed E-state index contributed by atoms with van der Waals surface area (Å²) in [5.41, 5.74) is 0. The molecule has 0 spiro atoms. The smallest absolute Gasteiger partial charge is 0.318 e. The molecule has 1 aromatic rings. The second-order valence-electron chi connectivity index (χ2n) is 5.85. The van der Waals surface area contributed by atoms with E-state index in [1.807, 2.05) is 25.1 Å². The summed E-state index contributed by atoms with van der Waals surface area (Å²) < 4.78 is 5.32. The van der Waals surface area contributed by atoms with Crippen LogP contribution in [0.25, 0.3) is 0 Å². The zero-order valence-corrected chi connectivity index (χ0v) is 13.4. The van der Waals surface area contributed by atoms with Crippen LogP contribution in [0.4, 0.5) is 4.79 Å². The molecular formula is C15H24N4O3. The summed E-state index contributed by atoms with van der Waals surface area (Å²) in [7, 11) is 5.66. The molecular weight excluding hydrogens is 284 g/mol. The Kier molecular flexibility index (Phi) is 5.43. The maximum absolute atomic E-state index is 12.5. The summed E-state index contributed by atoms with van der Waals surface area (Å²) in [5, 5.41) is 2.83. The molecule has 22 heavy (non-hydrogen) atoms. The molecule has 7 nitrogen and oxygen atoms in total. The number of hydrogen-bond donors (Lipinski definition) is 1. The fraction of sp³-hybridized carbons (Fsp3) is 0.600. The van der Waals surface area contributed by atoms with Crippen molar-refractivity contribution in [2.24, 2.45) is 0 Å². The van der Waals surface area contributed by atoms with Crippen LogP contribution < -0.4 is 5.32 Å². The number of nitrogens with zero attached hydrogens (tertiary/aromatic N) is 3. The minimum atomic E-state index is -0.420. The van der Waals surface area contributed by atoms with E-state index in [1.54, 1.807) is 29.2 Å². The predicted octanol–water partition coefficient (Wildman–Crippen LogP) is 0.583. The van der Waals surface area contributed by atoms with Crippen LogP contribution in [0.3, 0.4) is 0 Å². The Hall–Kier alpha value is -2.02. The third-order valence-corrected chi connectivity index (χ3v) is 3.76. The van der Waals surface area contributed by atoms with Crippen molar-refractivity contribution in [3.63, 3.8) is 0 Å². The third kappa shape index (κ3) is 4.24. The van der Waals surface area contributed by atoms with E-state index in [4.69, 9.17) is 4.42 Å². The van der Waals surface area contributed by atoms with Gasteiger partial charge in [0.2, 0.25) is 5.91 Å². The molecule has 1 fully saturated rings. The minimum absolute atomic E-state index is 0.0288. The lowest BCUT2D eigenvalue weighted by Crippen LogP contribution is -2.48. The molecule has 1 aliphatic rings. The van der Waals surface area contributed by atoms with Gasteiger partial charge in [-0.2, -0.15) is 0 Å². The van der Waals surface area contributed by atoms with Gasteiger partial charge in [0.1, 0.15) is 11.8 Å². The summed E-state index contributed by atoms with van der Waals surface area (Å²) in [6.07, 6.45) is 2.25. The van der Waals surface area contributed by atoms with Gasteiger partial charge in [0.05, 0.1) is 12.8 Å². The van der Waals surface area contributed by atoms with E-state index >= 15 is 0 Å². The number of likely N-dealkylation sites (tertiary alicyclic amines) is 1. The Balaban J connectivity index is 1.97. The number of carbonyl (C=O) groups is 2. The highest BCUT2D eigenvalue weighted by Crippen LogP contribution is 2.11. The molecule has 0 bridgehead atoms. The van der Waals surface area contributed by atoms with Crippen molar-refractivity contribution in [3.8, 4) is 0 Å². The topological polar surface area (TPSA) is 69.0 Å². The van der Waals surface area contributed by atoms with E-state index in [0.29, 0.717) is 26.1 Å². The third-order valence-electron chi connectivity index (χ3n) is 3.76. The fourth-order valence-corrected chi connectivity index (χ4v) is 2.36. The van der Waals surface area contributed by atoms with Gasteiger partial charge in [0, 0.05) is 26.7 Å². The molecule has 0 aliphatic carbocycles. The highest BCUT2D eigenvalue weighted by molar-refractivity contribution is 5.88. The van der Waals surface area contributed by atoms with Gasteiger partial charge < -0.3 is 24.4 Å². The normalized spacial score (nSPS) is 18.1. The number of urea groups is 1. The van der Waals surface area contributed by atoms with Gasteiger partial charge in [-0.3, -0.25) is 4.79 Å². The second-order valence-corrected chi connectivity index (χ2v) is 5.85. The van der Waals surface area contributed by atoms with Crippen LogP contribution >= 0.6 is 0 Å². The Morgan fingerprint density at radius 1 is 1.45 bits per heavy atom. The van der Waals surface area contributed by atoms with Gasteiger partial charge >= 0.3 is 6.03 Å². The Morgan fingerprint density at radius 2 is 2.23 bits per heavy atom. The fourth-order valence-electron chi connectivity index (χ4n) is 2.36. The number of furan rings is 1. The lowest BCUT2D eigenvalue weighted by atomic mass is 10.2. The maximum Gasteiger partial charge on any atom is 0.318 e. The molecule has 0 unspecified atom stereocenters. The van der Waals surface area contributed by atoms with Crippen LogP contribution in [0.5, 0.6) is 0 Å². The first-order valence-electron chi connectivity index (χ1n) is 7.45. The van der Waals surface area contributed by atoms with E-state index in [9.17, 15) is 9.59 Å². The van der Waals surface area contributed by atoms with Crippen LogP contribution in [0.1, 0.15) is 12.2 Å². The average molecular weight is 308 g/mol. The monoisotopic (exact) mass is 308 g/mol. The highest BCUT2D eigenvalue weighted by atomic mass is 16.3. The molecule has 2 heterocycles. The first kappa shape index (κ1) is 16.4. The number of amides is 3. The molecule has 1 aliphatic heterocycles. The van der Waals surface area contributed by atoms with Crippen molar-refractivity contribution in [1.29, 1.82) is 0 Å². The summed E-state index contributed by atoms with van der Waals surface area (Å²) in [5.74, 6) is 0.697. The van der Waals surface area contributed by atoms with Gasteiger partial charge in [-0.1, -0.05) is 0 Å². The van der Waals surface area contributed by atoms with Crippen molar-refractivity contribution < 1.29 is 14.0 Å². The summed E-state index contributed by atoms with van der Waals surface area (Å²) >= 11 is 0. The second kappa shape index (κ2) is 7.31. The van der Waals surface area contributed by atoms with Crippen LogP contribution in [-0.4, -0.2) is 73.5 Å². The summed E-state index contributed by atoms with van der Waals surface area (Å²) in [6.45, 7) is 2.38. The number of rotatable bonds is 6. The molecule has 1 aromatic heterocycles. The SMILES string of the molecule is CN(C)CCN(Cc1ccco1)C(=O)N[C@@H]1CCN(C)C1=O. The number of hydrogen-bond acceptors (Lipinski definition) is 4. The molecule has 7 heteroatoms. The quantitative estimate of drug-likeness (QED) is 0.835. The summed E-state index contributed by atoms with van der Waals surface area (Å²) in [6, 6.07) is 2.99. The van der Waals surface area contributed by atoms with Crippen molar-refractivity contribution in [2.45, 2.75) is 19.0 Å². The van der Waals surface area contributed by atoms with Gasteiger partial charge in [-0.05, 0) is 32.6 Å². The first-order chi connectivity index (χ1) is 10.5. The summed E-state index contributed by atoms with van der Waals surface area (Å²) in [4.78, 5) is 29.7. The van der Waals surface area contributed by atoms with Gasteiger partial charge in [-0.25, -0.2) is 4.79 Å². The van der Waals surface area contributed by atoms with Crippen molar-refractivity contribution in [1.82, 2.24) is 20.0 Å². The van der Waals surface area contributed by atoms with Gasteiger partial charge in [-0.15, -0.1) is 0 Å². The van der Waals surface area contributed by atoms with Crippen LogP contribution in [-0.2, 0) is 11.3 Å². The van der Waals surface area contributed by atoms with Crippen LogP contribution in [0.2, 0.25) is 0 Å². The van der Waals surface area contributed by atoms with E-state index < -0.39 is 6.04 Å². The Morgan fingerprint density at radius 3 is 2.77 bits per heavy atom. The van der Waals surface area contributed by atoms with Crippen molar-refractivity contribution in [2.75, 3.05) is 40.8 Å². The molecule has 0 aromatic carbocycles. The van der Waals surface area contributed by atoms with Crippen LogP contribution in [0.15, 0.2) is 22.8 Å². The first-order valence-corrected chi connectivity index (χ1v) is 7.45. The largest absolute Gasteiger partial charge is 0.467 e. The molecule has 1 saturated heterocycles. The lowest BCUT2D eigenvalue weighted by Gasteiger charge is -2.25.